The van der Waals surface area contributed by atoms with Crippen molar-refractivity contribution in [2.45, 2.75) is 45.8 Å². The van der Waals surface area contributed by atoms with Gasteiger partial charge in [0.1, 0.15) is 5.60 Å². The van der Waals surface area contributed by atoms with E-state index in [0.29, 0.717) is 6.42 Å². The summed E-state index contributed by atoms with van der Waals surface area (Å²) in [7, 11) is 0. The first-order chi connectivity index (χ1) is 8.29. The van der Waals surface area contributed by atoms with E-state index >= 15 is 0 Å². The van der Waals surface area contributed by atoms with Crippen molar-refractivity contribution in [2.24, 2.45) is 11.7 Å². The van der Waals surface area contributed by atoms with Crippen molar-refractivity contribution in [1.29, 1.82) is 0 Å². The van der Waals surface area contributed by atoms with Gasteiger partial charge in [0, 0.05) is 6.04 Å². The molecule has 0 aliphatic rings. The minimum atomic E-state index is -0.471. The third-order valence-electron chi connectivity index (χ3n) is 2.64. The SMILES string of the molecule is CC(N)C(Cc1ccccc1)C(=O)OC(C)(C)C. The third kappa shape index (κ3) is 4.88. The normalized spacial score (nSPS) is 14.9. The lowest BCUT2D eigenvalue weighted by molar-refractivity contribution is -0.160. The molecule has 2 N–H and O–H groups in total. The zero-order chi connectivity index (χ0) is 13.8. The molecule has 0 radical (unpaired) electrons. The van der Waals surface area contributed by atoms with Gasteiger partial charge < -0.3 is 10.5 Å². The number of nitrogens with two attached hydrogens (primary N) is 1. The fourth-order valence-electron chi connectivity index (χ4n) is 1.73. The molecule has 100 valence electrons. The smallest absolute Gasteiger partial charge is 0.311 e. The lowest BCUT2D eigenvalue weighted by atomic mass is 9.93. The van der Waals surface area contributed by atoms with Gasteiger partial charge in [-0.05, 0) is 39.7 Å². The first kappa shape index (κ1) is 14.7. The van der Waals surface area contributed by atoms with Crippen LogP contribution >= 0.6 is 0 Å². The van der Waals surface area contributed by atoms with E-state index in [-0.39, 0.29) is 17.9 Å². The molecule has 0 saturated heterocycles. The summed E-state index contributed by atoms with van der Waals surface area (Å²) in [5, 5.41) is 0. The monoisotopic (exact) mass is 249 g/mol. The Bertz CT molecular complexity index is 379. The maximum atomic E-state index is 12.1. The molecule has 18 heavy (non-hydrogen) atoms. The number of benzene rings is 1. The van der Waals surface area contributed by atoms with Crippen LogP contribution in [-0.4, -0.2) is 17.6 Å². The lowest BCUT2D eigenvalue weighted by Gasteiger charge is -2.25. The molecule has 1 rings (SSSR count). The number of esters is 1. The molecule has 3 nitrogen and oxygen atoms in total. The van der Waals surface area contributed by atoms with Crippen LogP contribution in [0.5, 0.6) is 0 Å². The number of rotatable bonds is 4. The van der Waals surface area contributed by atoms with E-state index in [1.54, 1.807) is 0 Å². The molecule has 0 bridgehead atoms. The molecule has 0 aliphatic carbocycles. The Kier molecular flexibility index (Phi) is 4.91. The summed E-state index contributed by atoms with van der Waals surface area (Å²) in [6.45, 7) is 7.44. The van der Waals surface area contributed by atoms with E-state index in [1.807, 2.05) is 58.0 Å². The van der Waals surface area contributed by atoms with Crippen molar-refractivity contribution < 1.29 is 9.53 Å². The number of hydrogen-bond acceptors (Lipinski definition) is 3. The van der Waals surface area contributed by atoms with Gasteiger partial charge in [0.05, 0.1) is 5.92 Å². The molecule has 3 heteroatoms. The molecular weight excluding hydrogens is 226 g/mol. The highest BCUT2D eigenvalue weighted by molar-refractivity contribution is 5.74. The summed E-state index contributed by atoms with van der Waals surface area (Å²) >= 11 is 0. The minimum absolute atomic E-state index is 0.221. The number of carbonyl (C=O) groups excluding carboxylic acids is 1. The molecular formula is C15H23NO2. The van der Waals surface area contributed by atoms with Crippen LogP contribution in [0.4, 0.5) is 0 Å². The first-order valence-electron chi connectivity index (χ1n) is 6.32. The molecule has 0 aliphatic heterocycles. The highest BCUT2D eigenvalue weighted by Gasteiger charge is 2.28. The van der Waals surface area contributed by atoms with Crippen molar-refractivity contribution in [3.63, 3.8) is 0 Å². The van der Waals surface area contributed by atoms with Gasteiger partial charge in [-0.3, -0.25) is 4.79 Å². The summed E-state index contributed by atoms with van der Waals surface area (Å²) in [5.41, 5.74) is 6.53. The third-order valence-corrected chi connectivity index (χ3v) is 2.64. The van der Waals surface area contributed by atoms with E-state index in [1.165, 1.54) is 0 Å². The topological polar surface area (TPSA) is 52.3 Å². The fourth-order valence-corrected chi connectivity index (χ4v) is 1.73. The van der Waals surface area contributed by atoms with Crippen LogP contribution in [0.2, 0.25) is 0 Å². The second-order valence-electron chi connectivity index (χ2n) is 5.69. The maximum Gasteiger partial charge on any atom is 0.311 e. The molecule has 2 atom stereocenters. The number of ether oxygens (including phenoxy) is 1. The number of carbonyl (C=O) groups is 1. The van der Waals surface area contributed by atoms with Crippen LogP contribution in [-0.2, 0) is 16.0 Å². The van der Waals surface area contributed by atoms with Crippen molar-refractivity contribution in [1.82, 2.24) is 0 Å². The van der Waals surface area contributed by atoms with Gasteiger partial charge in [-0.15, -0.1) is 0 Å². The van der Waals surface area contributed by atoms with Crippen LogP contribution in [0, 0.1) is 5.92 Å². The summed E-state index contributed by atoms with van der Waals surface area (Å²) in [4.78, 5) is 12.1. The van der Waals surface area contributed by atoms with Crippen LogP contribution in [0.1, 0.15) is 33.3 Å². The van der Waals surface area contributed by atoms with E-state index in [0.717, 1.165) is 5.56 Å². The Morgan fingerprint density at radius 2 is 1.83 bits per heavy atom. The van der Waals surface area contributed by atoms with Crippen molar-refractivity contribution in [3.05, 3.63) is 35.9 Å². The summed E-state index contributed by atoms with van der Waals surface area (Å²) in [6, 6.07) is 9.66. The summed E-state index contributed by atoms with van der Waals surface area (Å²) in [6.07, 6.45) is 0.618. The molecule has 0 aromatic heterocycles. The Morgan fingerprint density at radius 1 is 1.28 bits per heavy atom. The quantitative estimate of drug-likeness (QED) is 0.834. The van der Waals surface area contributed by atoms with Gasteiger partial charge >= 0.3 is 5.97 Å². The average molecular weight is 249 g/mol. The molecule has 0 spiro atoms. The summed E-state index contributed by atoms with van der Waals surface area (Å²) in [5.74, 6) is -0.520. The van der Waals surface area contributed by atoms with Crippen LogP contribution in [0.3, 0.4) is 0 Å². The maximum absolute atomic E-state index is 12.1. The fraction of sp³-hybridized carbons (Fsp3) is 0.533. The van der Waals surface area contributed by atoms with Crippen LogP contribution in [0.15, 0.2) is 30.3 Å². The molecule has 0 saturated carbocycles. The van der Waals surface area contributed by atoms with E-state index in [9.17, 15) is 4.79 Å². The average Bonchev–Trinajstić information content (AvgIpc) is 2.24. The van der Waals surface area contributed by atoms with Gasteiger partial charge in [0.15, 0.2) is 0 Å². The molecule has 1 aromatic rings. The van der Waals surface area contributed by atoms with Gasteiger partial charge in [0.25, 0.3) is 0 Å². The highest BCUT2D eigenvalue weighted by Crippen LogP contribution is 2.17. The second-order valence-corrected chi connectivity index (χ2v) is 5.69. The zero-order valence-corrected chi connectivity index (χ0v) is 11.6. The van der Waals surface area contributed by atoms with Crippen molar-refractivity contribution in [2.75, 3.05) is 0 Å². The Labute approximate surface area is 109 Å². The predicted octanol–water partition coefficient (Wildman–Crippen LogP) is 2.53. The van der Waals surface area contributed by atoms with Crippen molar-refractivity contribution >= 4 is 5.97 Å². The van der Waals surface area contributed by atoms with E-state index in [4.69, 9.17) is 10.5 Å². The largest absolute Gasteiger partial charge is 0.460 e. The minimum Gasteiger partial charge on any atom is -0.460 e. The summed E-state index contributed by atoms with van der Waals surface area (Å²) < 4.78 is 5.41. The van der Waals surface area contributed by atoms with Gasteiger partial charge in [-0.25, -0.2) is 0 Å². The lowest BCUT2D eigenvalue weighted by Crippen LogP contribution is -2.39. The number of hydrogen-bond donors (Lipinski definition) is 1. The van der Waals surface area contributed by atoms with Crippen LogP contribution in [0.25, 0.3) is 0 Å². The highest BCUT2D eigenvalue weighted by atomic mass is 16.6. The zero-order valence-electron chi connectivity index (χ0n) is 11.6. The van der Waals surface area contributed by atoms with E-state index in [2.05, 4.69) is 0 Å². The standard InChI is InChI=1S/C15H23NO2/c1-11(16)13(14(17)18-15(2,3)4)10-12-8-6-5-7-9-12/h5-9,11,13H,10,16H2,1-4H3. The predicted molar refractivity (Wildman–Crippen MR) is 73.1 cm³/mol. The molecule has 0 heterocycles. The Morgan fingerprint density at radius 3 is 2.28 bits per heavy atom. The Hall–Kier alpha value is -1.35. The van der Waals surface area contributed by atoms with Crippen LogP contribution < -0.4 is 5.73 Å². The Balaban J connectivity index is 2.75. The molecule has 1 aromatic carbocycles. The van der Waals surface area contributed by atoms with E-state index < -0.39 is 5.60 Å². The first-order valence-corrected chi connectivity index (χ1v) is 6.32. The molecule has 2 unspecified atom stereocenters. The molecule has 0 fully saturated rings. The van der Waals surface area contributed by atoms with Gasteiger partial charge in [-0.2, -0.15) is 0 Å². The van der Waals surface area contributed by atoms with Gasteiger partial charge in [-0.1, -0.05) is 30.3 Å². The van der Waals surface area contributed by atoms with Gasteiger partial charge in [0.2, 0.25) is 0 Å². The van der Waals surface area contributed by atoms with Crippen molar-refractivity contribution in [3.8, 4) is 0 Å². The second kappa shape index (κ2) is 6.01. The molecule has 0 amide bonds.